The van der Waals surface area contributed by atoms with Gasteiger partial charge in [-0.05, 0) is 11.1 Å². The van der Waals surface area contributed by atoms with E-state index in [0.717, 1.165) is 29.5 Å². The van der Waals surface area contributed by atoms with Crippen molar-refractivity contribution >= 4 is 36.0 Å². The van der Waals surface area contributed by atoms with Crippen molar-refractivity contribution in [3.05, 3.63) is 52.9 Å². The minimum absolute atomic E-state index is 0.370. The van der Waals surface area contributed by atoms with Crippen LogP contribution in [0.2, 0.25) is 0 Å². The first kappa shape index (κ1) is 16.8. The molecule has 0 radical (unpaired) electrons. The molecule has 1 rings (SSSR count). The standard InChI is InChI=1S/C12H12ClNOS.C2H6/c1-3-11-4-6-12(7-5-11)8-14(9-15)16-10(2)13;1-2/h3-7,9H,1-2,8H2;1-2H3. The highest BCUT2D eigenvalue weighted by atomic mass is 35.5. The monoisotopic (exact) mass is 283 g/mol. The molecule has 0 saturated carbocycles. The van der Waals surface area contributed by atoms with Crippen LogP contribution >= 0.6 is 23.5 Å². The van der Waals surface area contributed by atoms with Gasteiger partial charge >= 0.3 is 0 Å². The number of carbonyl (C=O) groups is 1. The largest absolute Gasteiger partial charge is 0.280 e. The van der Waals surface area contributed by atoms with Crippen molar-refractivity contribution in [2.24, 2.45) is 0 Å². The second-order valence-corrected chi connectivity index (χ2v) is 4.90. The van der Waals surface area contributed by atoms with Crippen LogP contribution in [-0.4, -0.2) is 10.7 Å². The first-order valence-electron chi connectivity index (χ1n) is 5.61. The van der Waals surface area contributed by atoms with Crippen LogP contribution in [0.15, 0.2) is 41.8 Å². The van der Waals surface area contributed by atoms with Gasteiger partial charge in [-0.2, -0.15) is 0 Å². The summed E-state index contributed by atoms with van der Waals surface area (Å²) in [5.41, 5.74) is 2.08. The molecule has 0 aromatic heterocycles. The fourth-order valence-corrected chi connectivity index (χ4v) is 1.93. The average Bonchev–Trinajstić information content (AvgIpc) is 2.40. The Morgan fingerprint density at radius 3 is 2.33 bits per heavy atom. The van der Waals surface area contributed by atoms with Crippen LogP contribution < -0.4 is 0 Å². The number of rotatable bonds is 6. The quantitative estimate of drug-likeness (QED) is 0.558. The summed E-state index contributed by atoms with van der Waals surface area (Å²) in [7, 11) is 0. The number of nitrogens with zero attached hydrogens (tertiary/aromatic N) is 1. The molecule has 0 fully saturated rings. The van der Waals surface area contributed by atoms with Crippen LogP contribution in [0.25, 0.3) is 6.08 Å². The van der Waals surface area contributed by atoms with E-state index in [9.17, 15) is 4.79 Å². The fraction of sp³-hybridized carbons (Fsp3) is 0.214. The highest BCUT2D eigenvalue weighted by Crippen LogP contribution is 2.23. The molecule has 1 aromatic rings. The molecule has 1 aromatic carbocycles. The van der Waals surface area contributed by atoms with E-state index >= 15 is 0 Å². The van der Waals surface area contributed by atoms with Crippen LogP contribution in [0.4, 0.5) is 0 Å². The molecular formula is C14H18ClNOS. The van der Waals surface area contributed by atoms with Gasteiger partial charge in [0.2, 0.25) is 6.41 Å². The van der Waals surface area contributed by atoms with Crippen molar-refractivity contribution < 1.29 is 4.79 Å². The number of halogens is 1. The Bertz CT molecular complexity index is 389. The Hall–Kier alpha value is -1.19. The van der Waals surface area contributed by atoms with Gasteiger partial charge in [-0.1, -0.05) is 68.9 Å². The van der Waals surface area contributed by atoms with E-state index < -0.39 is 0 Å². The molecule has 0 aliphatic rings. The van der Waals surface area contributed by atoms with E-state index in [1.807, 2.05) is 38.1 Å². The van der Waals surface area contributed by atoms with Gasteiger partial charge in [-0.25, -0.2) is 0 Å². The lowest BCUT2D eigenvalue weighted by atomic mass is 10.1. The Balaban J connectivity index is 0.00000137. The van der Waals surface area contributed by atoms with Crippen molar-refractivity contribution in [2.75, 3.05) is 0 Å². The van der Waals surface area contributed by atoms with Gasteiger partial charge in [0, 0.05) is 11.9 Å². The van der Waals surface area contributed by atoms with Gasteiger partial charge in [0.15, 0.2) is 0 Å². The SMILES string of the molecule is C=Cc1ccc(CN(C=O)SC(=C)Cl)cc1.CC. The van der Waals surface area contributed by atoms with Crippen molar-refractivity contribution in [3.8, 4) is 0 Å². The highest BCUT2D eigenvalue weighted by molar-refractivity contribution is 8.02. The molecule has 0 aliphatic heterocycles. The maximum absolute atomic E-state index is 10.8. The first-order chi connectivity index (χ1) is 8.65. The summed E-state index contributed by atoms with van der Waals surface area (Å²) in [5, 5.41) is 0. The number of carbonyl (C=O) groups excluding carboxylic acids is 1. The van der Waals surface area contributed by atoms with E-state index in [-0.39, 0.29) is 0 Å². The van der Waals surface area contributed by atoms with Gasteiger partial charge in [0.05, 0.1) is 10.9 Å². The first-order valence-corrected chi connectivity index (χ1v) is 6.76. The topological polar surface area (TPSA) is 20.3 Å². The third-order valence-electron chi connectivity index (χ3n) is 1.89. The number of amides is 1. The zero-order chi connectivity index (χ0) is 14.0. The van der Waals surface area contributed by atoms with Gasteiger partial charge in [-0.3, -0.25) is 9.10 Å². The molecule has 0 heterocycles. The molecule has 0 saturated heterocycles. The summed E-state index contributed by atoms with van der Waals surface area (Å²) >= 11 is 6.74. The molecule has 0 N–H and O–H groups in total. The summed E-state index contributed by atoms with van der Waals surface area (Å²) in [5.74, 6) is 0. The van der Waals surface area contributed by atoms with Gasteiger partial charge < -0.3 is 0 Å². The average molecular weight is 284 g/mol. The molecule has 4 heteroatoms. The highest BCUT2D eigenvalue weighted by Gasteiger charge is 2.04. The lowest BCUT2D eigenvalue weighted by Crippen LogP contribution is -2.12. The third-order valence-corrected chi connectivity index (χ3v) is 2.74. The van der Waals surface area contributed by atoms with Crippen molar-refractivity contribution in [1.29, 1.82) is 0 Å². The Morgan fingerprint density at radius 1 is 1.39 bits per heavy atom. The van der Waals surface area contributed by atoms with Crippen molar-refractivity contribution in [1.82, 2.24) is 4.31 Å². The normalized spacial score (nSPS) is 8.83. The summed E-state index contributed by atoms with van der Waals surface area (Å²) < 4.78 is 1.85. The van der Waals surface area contributed by atoms with E-state index in [0.29, 0.717) is 10.9 Å². The second-order valence-electron chi connectivity index (χ2n) is 3.07. The van der Waals surface area contributed by atoms with Gasteiger partial charge in [0.1, 0.15) is 0 Å². The van der Waals surface area contributed by atoms with Crippen molar-refractivity contribution in [2.45, 2.75) is 20.4 Å². The summed E-state index contributed by atoms with van der Waals surface area (Å²) in [6.45, 7) is 11.7. The molecule has 98 valence electrons. The van der Waals surface area contributed by atoms with Crippen molar-refractivity contribution in [3.63, 3.8) is 0 Å². The van der Waals surface area contributed by atoms with E-state index in [1.54, 1.807) is 6.08 Å². The molecular weight excluding hydrogens is 266 g/mol. The third kappa shape index (κ3) is 6.52. The molecule has 0 spiro atoms. The Kier molecular flexibility index (Phi) is 9.15. The Morgan fingerprint density at radius 2 is 1.94 bits per heavy atom. The minimum atomic E-state index is 0.370. The maximum atomic E-state index is 10.8. The van der Waals surface area contributed by atoms with E-state index in [2.05, 4.69) is 13.2 Å². The molecule has 0 unspecified atom stereocenters. The molecule has 0 aliphatic carbocycles. The second kappa shape index (κ2) is 9.80. The number of hydrogen-bond donors (Lipinski definition) is 0. The molecule has 0 atom stereocenters. The zero-order valence-corrected chi connectivity index (χ0v) is 12.3. The van der Waals surface area contributed by atoms with Crippen LogP contribution in [0.1, 0.15) is 25.0 Å². The fourth-order valence-electron chi connectivity index (χ4n) is 1.16. The minimum Gasteiger partial charge on any atom is -0.280 e. The van der Waals surface area contributed by atoms with E-state index in [1.165, 1.54) is 4.31 Å². The molecule has 1 amide bonds. The lowest BCUT2D eigenvalue weighted by Gasteiger charge is -2.14. The van der Waals surface area contributed by atoms with Crippen LogP contribution in [0.5, 0.6) is 0 Å². The maximum Gasteiger partial charge on any atom is 0.220 e. The smallest absolute Gasteiger partial charge is 0.220 e. The van der Waals surface area contributed by atoms with Crippen LogP contribution in [0, 0.1) is 0 Å². The van der Waals surface area contributed by atoms with Crippen LogP contribution in [0.3, 0.4) is 0 Å². The zero-order valence-electron chi connectivity index (χ0n) is 10.7. The summed E-state index contributed by atoms with van der Waals surface area (Å²) in [4.78, 5) is 10.8. The van der Waals surface area contributed by atoms with Crippen LogP contribution in [-0.2, 0) is 11.3 Å². The number of benzene rings is 1. The lowest BCUT2D eigenvalue weighted by molar-refractivity contribution is -0.114. The number of hydrogen-bond acceptors (Lipinski definition) is 2. The predicted molar refractivity (Wildman–Crippen MR) is 82.1 cm³/mol. The molecule has 18 heavy (non-hydrogen) atoms. The predicted octanol–water partition coefficient (Wildman–Crippen LogP) is 4.67. The summed E-state index contributed by atoms with van der Waals surface area (Å²) in [6, 6.07) is 7.80. The Labute approximate surface area is 118 Å². The molecule has 2 nitrogen and oxygen atoms in total. The van der Waals surface area contributed by atoms with Gasteiger partial charge in [0.25, 0.3) is 0 Å². The van der Waals surface area contributed by atoms with Gasteiger partial charge in [-0.15, -0.1) is 0 Å². The summed E-state index contributed by atoms with van der Waals surface area (Å²) in [6.07, 6.45) is 2.51. The molecule has 0 bridgehead atoms. The van der Waals surface area contributed by atoms with E-state index in [4.69, 9.17) is 11.6 Å².